The Morgan fingerprint density at radius 1 is 1.29 bits per heavy atom. The summed E-state index contributed by atoms with van der Waals surface area (Å²) in [5, 5.41) is 2.74. The minimum absolute atomic E-state index is 0.0214. The second kappa shape index (κ2) is 7.48. The first kappa shape index (κ1) is 16.5. The summed E-state index contributed by atoms with van der Waals surface area (Å²) in [6.07, 6.45) is 1.97. The third-order valence-corrected chi connectivity index (χ3v) is 4.08. The van der Waals surface area contributed by atoms with Crippen LogP contribution >= 0.6 is 11.8 Å². The monoisotopic (exact) mass is 352 g/mol. The van der Waals surface area contributed by atoms with E-state index in [2.05, 4.69) is 10.3 Å². The van der Waals surface area contributed by atoms with Crippen LogP contribution in [0.2, 0.25) is 0 Å². The molecule has 0 unspecified atom stereocenters. The number of carbonyl (C=O) groups excluding carboxylic acids is 1. The summed E-state index contributed by atoms with van der Waals surface area (Å²) < 4.78 is 35.6. The molecule has 2 aromatic rings. The number of alkyl halides is 2. The van der Waals surface area contributed by atoms with Crippen LogP contribution in [-0.4, -0.2) is 30.0 Å². The Labute approximate surface area is 141 Å². The maximum Gasteiger partial charge on any atom is 0.290 e. The van der Waals surface area contributed by atoms with Crippen molar-refractivity contribution in [3.63, 3.8) is 0 Å². The first-order valence-corrected chi connectivity index (χ1v) is 8.08. The third kappa shape index (κ3) is 3.94. The van der Waals surface area contributed by atoms with Crippen molar-refractivity contribution >= 4 is 17.7 Å². The van der Waals surface area contributed by atoms with Gasteiger partial charge in [-0.2, -0.15) is 8.78 Å². The zero-order valence-electron chi connectivity index (χ0n) is 12.5. The van der Waals surface area contributed by atoms with Gasteiger partial charge in [-0.1, -0.05) is 6.07 Å². The maximum absolute atomic E-state index is 12.5. The molecule has 1 N–H and O–H groups in total. The summed E-state index contributed by atoms with van der Waals surface area (Å²) in [5.41, 5.74) is 1.13. The fourth-order valence-corrected chi connectivity index (χ4v) is 2.83. The van der Waals surface area contributed by atoms with E-state index in [1.54, 1.807) is 6.07 Å². The number of rotatable bonds is 6. The van der Waals surface area contributed by atoms with Gasteiger partial charge in [0, 0.05) is 12.7 Å². The Kier molecular flexibility index (Phi) is 5.14. The van der Waals surface area contributed by atoms with E-state index in [4.69, 9.17) is 9.47 Å². The molecule has 1 amide bonds. The van der Waals surface area contributed by atoms with E-state index in [-0.39, 0.29) is 29.1 Å². The average molecular weight is 352 g/mol. The van der Waals surface area contributed by atoms with Gasteiger partial charge in [0.1, 0.15) is 5.03 Å². The summed E-state index contributed by atoms with van der Waals surface area (Å²) in [6.45, 7) is 0.577. The number of amides is 1. The number of pyridine rings is 1. The van der Waals surface area contributed by atoms with Crippen LogP contribution in [0.1, 0.15) is 15.9 Å². The summed E-state index contributed by atoms with van der Waals surface area (Å²) in [7, 11) is 0. The van der Waals surface area contributed by atoms with Gasteiger partial charge >= 0.3 is 0 Å². The van der Waals surface area contributed by atoms with Crippen molar-refractivity contribution in [2.45, 2.75) is 17.2 Å². The molecule has 5 nitrogen and oxygen atoms in total. The number of halogens is 2. The second-order valence-electron chi connectivity index (χ2n) is 4.93. The normalized spacial score (nSPS) is 12.5. The minimum atomic E-state index is -2.62. The Morgan fingerprint density at radius 2 is 2.12 bits per heavy atom. The summed E-state index contributed by atoms with van der Waals surface area (Å²) >= 11 is 0.261. The van der Waals surface area contributed by atoms with E-state index >= 15 is 0 Å². The highest BCUT2D eigenvalue weighted by Gasteiger charge is 2.17. The van der Waals surface area contributed by atoms with E-state index in [1.165, 1.54) is 12.3 Å². The van der Waals surface area contributed by atoms with Gasteiger partial charge in [-0.25, -0.2) is 4.98 Å². The second-order valence-corrected chi connectivity index (χ2v) is 5.91. The number of thioether (sulfide) groups is 1. The molecule has 8 heteroatoms. The van der Waals surface area contributed by atoms with Crippen molar-refractivity contribution < 1.29 is 23.0 Å². The lowest BCUT2D eigenvalue weighted by atomic mass is 10.1. The molecular formula is C16H14F2N2O3S. The van der Waals surface area contributed by atoms with Gasteiger partial charge in [-0.3, -0.25) is 4.79 Å². The molecule has 0 aliphatic carbocycles. The lowest BCUT2D eigenvalue weighted by Gasteiger charge is -2.09. The van der Waals surface area contributed by atoms with Crippen LogP contribution in [0.5, 0.6) is 11.5 Å². The number of nitrogens with one attached hydrogen (secondary N) is 1. The Morgan fingerprint density at radius 3 is 2.96 bits per heavy atom. The standard InChI is InChI=1S/C16H14F2N2O3S/c17-16(18)24-15-11(2-1-6-20-15)14(21)19-7-5-10-3-4-12-13(8-10)23-9-22-12/h1-4,6,8,16H,5,7,9H2,(H,19,21). The summed E-state index contributed by atoms with van der Waals surface area (Å²) in [5.74, 6) is -1.67. The first-order valence-electron chi connectivity index (χ1n) is 7.20. The van der Waals surface area contributed by atoms with E-state index in [1.807, 2.05) is 18.2 Å². The van der Waals surface area contributed by atoms with Crippen molar-refractivity contribution in [2.75, 3.05) is 13.3 Å². The molecule has 1 aromatic heterocycles. The average Bonchev–Trinajstić information content (AvgIpc) is 3.02. The molecule has 0 fully saturated rings. The van der Waals surface area contributed by atoms with E-state index in [9.17, 15) is 13.6 Å². The molecule has 0 saturated heterocycles. The molecule has 2 heterocycles. The molecule has 0 saturated carbocycles. The number of ether oxygens (including phenoxy) is 2. The number of carbonyl (C=O) groups is 1. The molecule has 0 atom stereocenters. The van der Waals surface area contributed by atoms with Gasteiger partial charge in [0.15, 0.2) is 11.5 Å². The molecule has 0 radical (unpaired) electrons. The van der Waals surface area contributed by atoms with Gasteiger partial charge in [0.25, 0.3) is 11.7 Å². The molecule has 126 valence electrons. The number of hydrogen-bond acceptors (Lipinski definition) is 5. The molecular weight excluding hydrogens is 338 g/mol. The lowest BCUT2D eigenvalue weighted by Crippen LogP contribution is -2.26. The Hall–Kier alpha value is -2.35. The van der Waals surface area contributed by atoms with Crippen molar-refractivity contribution in [3.05, 3.63) is 47.7 Å². The highest BCUT2D eigenvalue weighted by Crippen LogP contribution is 2.32. The van der Waals surface area contributed by atoms with Gasteiger partial charge in [0.2, 0.25) is 6.79 Å². The quantitative estimate of drug-likeness (QED) is 0.810. The molecule has 3 rings (SSSR count). The topological polar surface area (TPSA) is 60.5 Å². The Balaban J connectivity index is 1.58. The van der Waals surface area contributed by atoms with Crippen LogP contribution in [0.15, 0.2) is 41.6 Å². The van der Waals surface area contributed by atoms with E-state index in [0.29, 0.717) is 24.5 Å². The first-order chi connectivity index (χ1) is 11.6. The fraction of sp³-hybridized carbons (Fsp3) is 0.250. The zero-order valence-corrected chi connectivity index (χ0v) is 13.3. The lowest BCUT2D eigenvalue weighted by molar-refractivity contribution is 0.0950. The predicted octanol–water partition coefficient (Wildman–Crippen LogP) is 3.10. The highest BCUT2D eigenvalue weighted by atomic mass is 32.2. The van der Waals surface area contributed by atoms with Gasteiger partial charge in [-0.15, -0.1) is 0 Å². The minimum Gasteiger partial charge on any atom is -0.454 e. The van der Waals surface area contributed by atoms with Gasteiger partial charge in [-0.05, 0) is 48.0 Å². The largest absolute Gasteiger partial charge is 0.454 e. The predicted molar refractivity (Wildman–Crippen MR) is 84.7 cm³/mol. The van der Waals surface area contributed by atoms with Crippen LogP contribution in [0.25, 0.3) is 0 Å². The molecule has 1 aliphatic rings. The van der Waals surface area contributed by atoms with Crippen molar-refractivity contribution in [1.29, 1.82) is 0 Å². The molecule has 24 heavy (non-hydrogen) atoms. The van der Waals surface area contributed by atoms with Crippen LogP contribution in [0, 0.1) is 0 Å². The smallest absolute Gasteiger partial charge is 0.290 e. The zero-order chi connectivity index (χ0) is 16.9. The molecule has 1 aromatic carbocycles. The molecule has 1 aliphatic heterocycles. The third-order valence-electron chi connectivity index (χ3n) is 3.35. The van der Waals surface area contributed by atoms with Crippen molar-refractivity contribution in [2.24, 2.45) is 0 Å². The van der Waals surface area contributed by atoms with E-state index in [0.717, 1.165) is 5.56 Å². The van der Waals surface area contributed by atoms with Crippen LogP contribution in [-0.2, 0) is 6.42 Å². The van der Waals surface area contributed by atoms with Crippen LogP contribution in [0.3, 0.4) is 0 Å². The number of fused-ring (bicyclic) bond motifs is 1. The SMILES string of the molecule is O=C(NCCc1ccc2c(c1)OCO2)c1cccnc1SC(F)F. The number of hydrogen-bond donors (Lipinski definition) is 1. The maximum atomic E-state index is 12.5. The van der Waals surface area contributed by atoms with Gasteiger partial charge in [0.05, 0.1) is 5.56 Å². The van der Waals surface area contributed by atoms with Crippen molar-refractivity contribution in [3.8, 4) is 11.5 Å². The number of nitrogens with zero attached hydrogens (tertiary/aromatic N) is 1. The Bertz CT molecular complexity index is 743. The van der Waals surface area contributed by atoms with E-state index < -0.39 is 11.7 Å². The highest BCUT2D eigenvalue weighted by molar-refractivity contribution is 7.99. The summed E-state index contributed by atoms with van der Waals surface area (Å²) in [4.78, 5) is 16.0. The van der Waals surface area contributed by atoms with Crippen LogP contribution in [0.4, 0.5) is 8.78 Å². The van der Waals surface area contributed by atoms with Gasteiger partial charge < -0.3 is 14.8 Å². The molecule has 0 spiro atoms. The van der Waals surface area contributed by atoms with Crippen molar-refractivity contribution in [1.82, 2.24) is 10.3 Å². The summed E-state index contributed by atoms with van der Waals surface area (Å²) in [6, 6.07) is 8.59. The van der Waals surface area contributed by atoms with Crippen LogP contribution < -0.4 is 14.8 Å². The fourth-order valence-electron chi connectivity index (χ4n) is 2.25. The number of aromatic nitrogens is 1. The number of benzene rings is 1. The molecule has 0 bridgehead atoms.